The lowest BCUT2D eigenvalue weighted by atomic mass is 9.84. The monoisotopic (exact) mass is 395 g/mol. The van der Waals surface area contributed by atoms with Gasteiger partial charge in [-0.2, -0.15) is 0 Å². The molecule has 1 atom stereocenters. The molecule has 3 heteroatoms. The Bertz CT molecular complexity index is 782. The second-order valence-electron chi connectivity index (χ2n) is 8.80. The van der Waals surface area contributed by atoms with Gasteiger partial charge in [0.15, 0.2) is 5.78 Å². The lowest BCUT2D eigenvalue weighted by Crippen LogP contribution is -2.25. The molecular formula is C26H37NO2. The van der Waals surface area contributed by atoms with Gasteiger partial charge < -0.3 is 9.30 Å². The van der Waals surface area contributed by atoms with Gasteiger partial charge in [0.05, 0.1) is 11.8 Å². The van der Waals surface area contributed by atoms with Crippen molar-refractivity contribution in [2.75, 3.05) is 0 Å². The van der Waals surface area contributed by atoms with E-state index in [9.17, 15) is 4.79 Å². The third-order valence-corrected chi connectivity index (χ3v) is 6.59. The average molecular weight is 396 g/mol. The van der Waals surface area contributed by atoms with Crippen LogP contribution in [0, 0.1) is 12.8 Å². The number of carbonyl (C=O) groups excluding carboxylic acids is 1. The van der Waals surface area contributed by atoms with Crippen LogP contribution >= 0.6 is 0 Å². The number of rotatable bonds is 9. The Morgan fingerprint density at radius 1 is 1.07 bits per heavy atom. The van der Waals surface area contributed by atoms with E-state index < -0.39 is 0 Å². The second kappa shape index (κ2) is 10.1. The maximum absolute atomic E-state index is 13.0. The molecule has 0 saturated heterocycles. The zero-order valence-corrected chi connectivity index (χ0v) is 18.6. The van der Waals surface area contributed by atoms with Gasteiger partial charge in [0.2, 0.25) is 0 Å². The first-order valence-electron chi connectivity index (χ1n) is 11.4. The van der Waals surface area contributed by atoms with Crippen LogP contribution < -0.4 is 4.74 Å². The number of benzene rings is 1. The maximum Gasteiger partial charge on any atom is 0.179 e. The van der Waals surface area contributed by atoms with Crippen molar-refractivity contribution >= 4 is 5.78 Å². The van der Waals surface area contributed by atoms with Crippen molar-refractivity contribution in [2.24, 2.45) is 13.0 Å². The summed E-state index contributed by atoms with van der Waals surface area (Å²) in [4.78, 5) is 13.0. The van der Waals surface area contributed by atoms with E-state index in [1.54, 1.807) is 0 Å². The van der Waals surface area contributed by atoms with Gasteiger partial charge in [-0.15, -0.1) is 0 Å². The zero-order valence-electron chi connectivity index (χ0n) is 18.6. The highest BCUT2D eigenvalue weighted by Crippen LogP contribution is 2.32. The van der Waals surface area contributed by atoms with E-state index in [0.29, 0.717) is 24.0 Å². The van der Waals surface area contributed by atoms with Crippen LogP contribution in [0.15, 0.2) is 36.4 Å². The predicted octanol–water partition coefficient (Wildman–Crippen LogP) is 6.84. The summed E-state index contributed by atoms with van der Waals surface area (Å²) >= 11 is 0. The van der Waals surface area contributed by atoms with Crippen molar-refractivity contribution in [3.05, 3.63) is 53.3 Å². The summed E-state index contributed by atoms with van der Waals surface area (Å²) in [6.07, 6.45) is 8.68. The van der Waals surface area contributed by atoms with Crippen LogP contribution in [0.25, 0.3) is 0 Å². The number of hydrogen-bond donors (Lipinski definition) is 0. The van der Waals surface area contributed by atoms with Crippen LogP contribution in [-0.2, 0) is 7.05 Å². The largest absolute Gasteiger partial charge is 0.490 e. The van der Waals surface area contributed by atoms with Gasteiger partial charge in [0, 0.05) is 19.2 Å². The highest BCUT2D eigenvalue weighted by molar-refractivity contribution is 5.95. The Balaban J connectivity index is 1.52. The molecule has 2 aromatic rings. The van der Waals surface area contributed by atoms with Gasteiger partial charge in [-0.1, -0.05) is 38.0 Å². The minimum atomic E-state index is 0.282. The molecule has 0 spiro atoms. The van der Waals surface area contributed by atoms with E-state index in [2.05, 4.69) is 62.7 Å². The number of ether oxygens (including phenoxy) is 1. The van der Waals surface area contributed by atoms with E-state index in [1.807, 2.05) is 6.07 Å². The van der Waals surface area contributed by atoms with Crippen LogP contribution in [0.4, 0.5) is 0 Å². The molecule has 1 aromatic carbocycles. The molecule has 0 N–H and O–H groups in total. The van der Waals surface area contributed by atoms with Gasteiger partial charge in [0.1, 0.15) is 5.75 Å². The number of nitrogens with zero attached hydrogens (tertiary/aromatic N) is 1. The van der Waals surface area contributed by atoms with Gasteiger partial charge >= 0.3 is 0 Å². The fourth-order valence-corrected chi connectivity index (χ4v) is 4.76. The van der Waals surface area contributed by atoms with Crippen molar-refractivity contribution in [1.29, 1.82) is 0 Å². The number of hydrogen-bond acceptors (Lipinski definition) is 2. The lowest BCUT2D eigenvalue weighted by molar-refractivity contribution is 0.0894. The van der Waals surface area contributed by atoms with Gasteiger partial charge in [0.25, 0.3) is 0 Å². The van der Waals surface area contributed by atoms with Crippen molar-refractivity contribution in [1.82, 2.24) is 4.57 Å². The topological polar surface area (TPSA) is 31.2 Å². The van der Waals surface area contributed by atoms with Crippen molar-refractivity contribution < 1.29 is 9.53 Å². The number of aromatic nitrogens is 1. The minimum absolute atomic E-state index is 0.282. The molecule has 1 saturated carbocycles. The van der Waals surface area contributed by atoms with Crippen LogP contribution in [0.3, 0.4) is 0 Å². The van der Waals surface area contributed by atoms with Gasteiger partial charge in [-0.25, -0.2) is 0 Å². The molecule has 158 valence electrons. The summed E-state index contributed by atoms with van der Waals surface area (Å²) in [7, 11) is 2.06. The van der Waals surface area contributed by atoms with E-state index in [1.165, 1.54) is 24.1 Å². The fourth-order valence-electron chi connectivity index (χ4n) is 4.76. The quantitative estimate of drug-likeness (QED) is 0.435. The fraction of sp³-hybridized carbons (Fsp3) is 0.577. The Kier molecular flexibility index (Phi) is 7.57. The van der Waals surface area contributed by atoms with Crippen LogP contribution in [0.1, 0.15) is 92.9 Å². The molecule has 1 aliphatic rings. The van der Waals surface area contributed by atoms with Crippen LogP contribution in [0.5, 0.6) is 5.75 Å². The molecule has 1 fully saturated rings. The number of carbonyl (C=O) groups is 1. The Morgan fingerprint density at radius 2 is 1.76 bits per heavy atom. The molecule has 0 unspecified atom stereocenters. The third-order valence-electron chi connectivity index (χ3n) is 6.59. The summed E-state index contributed by atoms with van der Waals surface area (Å²) in [5.74, 6) is 2.30. The van der Waals surface area contributed by atoms with E-state index in [0.717, 1.165) is 43.5 Å². The van der Waals surface area contributed by atoms with Gasteiger partial charge in [-0.3, -0.25) is 4.79 Å². The summed E-state index contributed by atoms with van der Waals surface area (Å²) < 4.78 is 8.29. The first-order valence-corrected chi connectivity index (χ1v) is 11.4. The average Bonchev–Trinajstić information content (AvgIpc) is 3.10. The zero-order chi connectivity index (χ0) is 20.8. The molecular weight excluding hydrogens is 358 g/mol. The van der Waals surface area contributed by atoms with Crippen molar-refractivity contribution in [2.45, 2.75) is 84.2 Å². The van der Waals surface area contributed by atoms with E-state index >= 15 is 0 Å². The highest BCUT2D eigenvalue weighted by atomic mass is 16.5. The Hall–Kier alpha value is -2.03. The number of Topliss-reactive ketones (excluding diaryl/α,β-unsaturated/α-hetero) is 1. The summed E-state index contributed by atoms with van der Waals surface area (Å²) in [5, 5.41) is 0. The van der Waals surface area contributed by atoms with E-state index in [4.69, 9.17) is 4.74 Å². The van der Waals surface area contributed by atoms with Crippen LogP contribution in [0.2, 0.25) is 0 Å². The number of aryl methyl sites for hydroxylation is 1. The summed E-state index contributed by atoms with van der Waals surface area (Å²) in [6, 6.07) is 12.5. The first-order chi connectivity index (χ1) is 14.0. The van der Waals surface area contributed by atoms with Gasteiger partial charge in [-0.05, 0) is 81.5 Å². The third kappa shape index (κ3) is 5.52. The molecule has 0 radical (unpaired) electrons. The van der Waals surface area contributed by atoms with Crippen molar-refractivity contribution in [3.63, 3.8) is 0 Å². The molecule has 1 heterocycles. The predicted molar refractivity (Wildman–Crippen MR) is 120 cm³/mol. The maximum atomic E-state index is 13.0. The molecule has 0 bridgehead atoms. The SMILES string of the molecule is CCC[C@@H](CC)c1ccc(C(=O)C[C@H]2CC[C@H](Oc3ccc(C)cc3)CC2)n1C. The lowest BCUT2D eigenvalue weighted by Gasteiger charge is -2.28. The first kappa shape index (κ1) is 21.7. The van der Waals surface area contributed by atoms with Crippen molar-refractivity contribution in [3.8, 4) is 5.75 Å². The molecule has 0 aliphatic heterocycles. The Morgan fingerprint density at radius 3 is 2.38 bits per heavy atom. The molecule has 0 amide bonds. The van der Waals surface area contributed by atoms with E-state index in [-0.39, 0.29) is 6.10 Å². The summed E-state index contributed by atoms with van der Waals surface area (Å²) in [5.41, 5.74) is 3.45. The normalized spacial score (nSPS) is 20.4. The number of ketones is 1. The smallest absolute Gasteiger partial charge is 0.179 e. The minimum Gasteiger partial charge on any atom is -0.490 e. The molecule has 29 heavy (non-hydrogen) atoms. The second-order valence-corrected chi connectivity index (χ2v) is 8.80. The van der Waals surface area contributed by atoms with Crippen LogP contribution in [-0.4, -0.2) is 16.5 Å². The Labute approximate surface area is 176 Å². The molecule has 3 rings (SSSR count). The standard InChI is InChI=1S/C26H37NO2/c1-5-7-21(6-2)24-16-17-25(27(24)4)26(28)18-20-10-14-23(15-11-20)29-22-12-8-19(3)9-13-22/h8-9,12-13,16-17,20-21,23H,5-7,10-11,14-15,18H2,1-4H3/t20-,21-,23-/m1/s1. The molecule has 1 aromatic heterocycles. The molecule has 1 aliphatic carbocycles. The highest BCUT2D eigenvalue weighted by Gasteiger charge is 2.26. The summed E-state index contributed by atoms with van der Waals surface area (Å²) in [6.45, 7) is 6.57. The molecule has 3 nitrogen and oxygen atoms in total.